The van der Waals surface area contributed by atoms with Crippen LogP contribution in [0.3, 0.4) is 0 Å². The van der Waals surface area contributed by atoms with Gasteiger partial charge in [-0.15, -0.1) is 0 Å². The fourth-order valence-corrected chi connectivity index (χ4v) is 7.65. The third-order valence-electron chi connectivity index (χ3n) is 9.33. The molecule has 2 fully saturated rings. The molecule has 2 saturated carbocycles. The Labute approximate surface area is 206 Å². The van der Waals surface area contributed by atoms with Gasteiger partial charge in [0.05, 0.1) is 11.0 Å². The van der Waals surface area contributed by atoms with Crippen LogP contribution in [0.15, 0.2) is 53.6 Å². The molecule has 1 aromatic rings. The molecule has 4 aliphatic carbocycles. The summed E-state index contributed by atoms with van der Waals surface area (Å²) in [5.74, 6) is -1.38. The van der Waals surface area contributed by atoms with E-state index < -0.39 is 41.1 Å². The summed E-state index contributed by atoms with van der Waals surface area (Å²) in [7, 11) is 0. The first-order chi connectivity index (χ1) is 16.4. The van der Waals surface area contributed by atoms with Crippen molar-refractivity contribution >= 4 is 17.7 Å². The predicted molar refractivity (Wildman–Crippen MR) is 129 cm³/mol. The number of hydrogen-bond donors (Lipinski definition) is 1. The lowest BCUT2D eigenvalue weighted by molar-refractivity contribution is -0.202. The number of esters is 2. The summed E-state index contributed by atoms with van der Waals surface area (Å²) in [5, 5.41) is 12.7. The topological polar surface area (TPSA) is 89.9 Å². The van der Waals surface area contributed by atoms with Gasteiger partial charge >= 0.3 is 11.9 Å². The van der Waals surface area contributed by atoms with E-state index >= 15 is 0 Å². The van der Waals surface area contributed by atoms with Crippen molar-refractivity contribution in [2.75, 3.05) is 0 Å². The first-order valence-corrected chi connectivity index (χ1v) is 12.4. The SMILES string of the molecule is CC(=O)O[C@H]1C(C)=C[C@@H]2C(=O)[C@]3(C=C(C)[C@@H](OC(=O)c4ccccc4)[C@@]13O)[C@H](C)C[C@@H]1[C@H]2C1(C)C. The van der Waals surface area contributed by atoms with Crippen LogP contribution in [0.5, 0.6) is 0 Å². The third-order valence-corrected chi connectivity index (χ3v) is 9.33. The monoisotopic (exact) mass is 478 g/mol. The van der Waals surface area contributed by atoms with Crippen LogP contribution in [0.25, 0.3) is 0 Å². The maximum absolute atomic E-state index is 14.5. The van der Waals surface area contributed by atoms with Crippen molar-refractivity contribution in [3.63, 3.8) is 0 Å². The number of hydrogen-bond acceptors (Lipinski definition) is 6. The minimum Gasteiger partial charge on any atom is -0.455 e. The fourth-order valence-electron chi connectivity index (χ4n) is 7.65. The predicted octanol–water partition coefficient (Wildman–Crippen LogP) is 4.28. The molecule has 2 bridgehead atoms. The molecule has 0 unspecified atom stereocenters. The summed E-state index contributed by atoms with van der Waals surface area (Å²) >= 11 is 0. The van der Waals surface area contributed by atoms with Gasteiger partial charge in [-0.1, -0.05) is 51.1 Å². The lowest BCUT2D eigenvalue weighted by atomic mass is 9.59. The summed E-state index contributed by atoms with van der Waals surface area (Å²) in [6.07, 6.45) is 2.20. The molecule has 1 N–H and O–H groups in total. The van der Waals surface area contributed by atoms with Gasteiger partial charge in [0.1, 0.15) is 0 Å². The highest BCUT2D eigenvalue weighted by molar-refractivity contribution is 5.96. The quantitative estimate of drug-likeness (QED) is 0.515. The molecule has 6 nitrogen and oxygen atoms in total. The number of rotatable bonds is 3. The van der Waals surface area contributed by atoms with E-state index in [0.717, 1.165) is 6.42 Å². The van der Waals surface area contributed by atoms with E-state index in [-0.39, 0.29) is 23.0 Å². The summed E-state index contributed by atoms with van der Waals surface area (Å²) in [6, 6.07) is 8.56. The number of benzene rings is 1. The van der Waals surface area contributed by atoms with Crippen LogP contribution in [-0.4, -0.2) is 40.6 Å². The Bertz CT molecular complexity index is 1160. The molecule has 0 radical (unpaired) electrons. The lowest BCUT2D eigenvalue weighted by Gasteiger charge is -2.49. The minimum atomic E-state index is -1.96. The minimum absolute atomic E-state index is 0.0168. The summed E-state index contributed by atoms with van der Waals surface area (Å²) in [4.78, 5) is 39.9. The molecule has 0 saturated heterocycles. The van der Waals surface area contributed by atoms with E-state index in [0.29, 0.717) is 22.6 Å². The molecule has 35 heavy (non-hydrogen) atoms. The lowest BCUT2D eigenvalue weighted by Crippen LogP contribution is -2.66. The molecule has 0 aliphatic heterocycles. The maximum atomic E-state index is 14.5. The highest BCUT2D eigenvalue weighted by atomic mass is 16.6. The second kappa shape index (κ2) is 7.63. The van der Waals surface area contributed by atoms with Crippen molar-refractivity contribution in [2.24, 2.45) is 34.5 Å². The van der Waals surface area contributed by atoms with Gasteiger partial charge in [0.25, 0.3) is 0 Å². The van der Waals surface area contributed by atoms with Gasteiger partial charge in [-0.3, -0.25) is 9.59 Å². The number of aliphatic hydroxyl groups is 1. The van der Waals surface area contributed by atoms with E-state index in [1.54, 1.807) is 44.2 Å². The molecule has 1 spiro atoms. The number of carbonyl (C=O) groups is 3. The Morgan fingerprint density at radius 2 is 1.66 bits per heavy atom. The second-order valence-corrected chi connectivity index (χ2v) is 11.6. The Balaban J connectivity index is 1.68. The molecule has 0 aromatic heterocycles. The second-order valence-electron chi connectivity index (χ2n) is 11.6. The van der Waals surface area contributed by atoms with Gasteiger partial charge in [-0.2, -0.15) is 0 Å². The van der Waals surface area contributed by atoms with E-state index in [1.807, 2.05) is 19.1 Å². The van der Waals surface area contributed by atoms with E-state index in [2.05, 4.69) is 13.8 Å². The fraction of sp³-hybridized carbons (Fsp3) is 0.552. The summed E-state index contributed by atoms with van der Waals surface area (Å²) in [5.41, 5.74) is -1.74. The average molecular weight is 479 g/mol. The van der Waals surface area contributed by atoms with Crippen molar-refractivity contribution < 1.29 is 29.0 Å². The highest BCUT2D eigenvalue weighted by Crippen LogP contribution is 2.71. The zero-order valence-electron chi connectivity index (χ0n) is 21.2. The highest BCUT2D eigenvalue weighted by Gasteiger charge is 2.77. The molecule has 6 heteroatoms. The number of ether oxygens (including phenoxy) is 2. The van der Waals surface area contributed by atoms with Crippen LogP contribution in [0.4, 0.5) is 0 Å². The maximum Gasteiger partial charge on any atom is 0.338 e. The van der Waals surface area contributed by atoms with Crippen LogP contribution in [-0.2, 0) is 19.1 Å². The summed E-state index contributed by atoms with van der Waals surface area (Å²) in [6.45, 7) is 11.3. The number of Topliss-reactive ketones (excluding diaryl/α,β-unsaturated/α-hetero) is 1. The summed E-state index contributed by atoms with van der Waals surface area (Å²) < 4.78 is 11.7. The first-order valence-electron chi connectivity index (χ1n) is 12.4. The number of ketones is 1. The average Bonchev–Trinajstić information content (AvgIpc) is 3.29. The first kappa shape index (κ1) is 24.0. The Hall–Kier alpha value is -2.73. The molecular formula is C29H34O6. The molecule has 8 atom stereocenters. The Morgan fingerprint density at radius 1 is 1.03 bits per heavy atom. The van der Waals surface area contributed by atoms with Gasteiger partial charge in [0.2, 0.25) is 0 Å². The molecular weight excluding hydrogens is 444 g/mol. The van der Waals surface area contributed by atoms with Gasteiger partial charge in [-0.25, -0.2) is 4.79 Å². The van der Waals surface area contributed by atoms with Gasteiger partial charge < -0.3 is 14.6 Å². The standard InChI is InChI=1S/C29H34O6/c1-15-12-20-22-21(27(22,5)6)13-17(3)28(23(20)31)14-16(2)25(29(28,33)24(15)34-18(4)30)35-26(32)19-10-8-7-9-11-19/h7-12,14,17,20-22,24-25,33H,13H2,1-6H3/t17-,20+,21-,22+,24+,25-,28+,29+/m1/s1. The van der Waals surface area contributed by atoms with Crippen LogP contribution in [0.1, 0.15) is 58.3 Å². The van der Waals surface area contributed by atoms with E-state index in [1.165, 1.54) is 6.92 Å². The van der Waals surface area contributed by atoms with Crippen LogP contribution < -0.4 is 0 Å². The Kier molecular flexibility index (Phi) is 5.23. The zero-order valence-corrected chi connectivity index (χ0v) is 21.2. The Morgan fingerprint density at radius 3 is 2.29 bits per heavy atom. The molecule has 1 aromatic carbocycles. The molecule has 4 aliphatic rings. The van der Waals surface area contributed by atoms with Gasteiger partial charge in [0, 0.05) is 12.8 Å². The van der Waals surface area contributed by atoms with Crippen LogP contribution >= 0.6 is 0 Å². The van der Waals surface area contributed by atoms with Crippen molar-refractivity contribution in [2.45, 2.75) is 65.8 Å². The normalized spacial score (nSPS) is 40.8. The van der Waals surface area contributed by atoms with Crippen LogP contribution in [0, 0.1) is 34.5 Å². The number of fused-ring (bicyclic) bond motifs is 3. The van der Waals surface area contributed by atoms with Crippen molar-refractivity contribution in [1.29, 1.82) is 0 Å². The van der Waals surface area contributed by atoms with Crippen molar-refractivity contribution in [3.05, 3.63) is 59.2 Å². The molecule has 0 amide bonds. The van der Waals surface area contributed by atoms with Crippen molar-refractivity contribution in [3.8, 4) is 0 Å². The molecule has 0 heterocycles. The number of carbonyl (C=O) groups excluding carboxylic acids is 3. The largest absolute Gasteiger partial charge is 0.455 e. The van der Waals surface area contributed by atoms with E-state index in [9.17, 15) is 19.5 Å². The third kappa shape index (κ3) is 3.08. The van der Waals surface area contributed by atoms with Gasteiger partial charge in [-0.05, 0) is 66.7 Å². The zero-order chi connectivity index (χ0) is 25.5. The van der Waals surface area contributed by atoms with Gasteiger partial charge in [0.15, 0.2) is 23.6 Å². The molecule has 5 rings (SSSR count). The van der Waals surface area contributed by atoms with Crippen LogP contribution in [0.2, 0.25) is 0 Å². The number of allylic oxidation sites excluding steroid dienone is 1. The van der Waals surface area contributed by atoms with E-state index in [4.69, 9.17) is 9.47 Å². The molecule has 186 valence electrons. The smallest absolute Gasteiger partial charge is 0.338 e. The van der Waals surface area contributed by atoms with Crippen molar-refractivity contribution in [1.82, 2.24) is 0 Å².